The lowest BCUT2D eigenvalue weighted by Gasteiger charge is -2.22. The van der Waals surface area contributed by atoms with Crippen LogP contribution in [0.15, 0.2) is 18.2 Å². The van der Waals surface area contributed by atoms with Gasteiger partial charge in [-0.15, -0.1) is 0 Å². The molecule has 0 aromatic heterocycles. The number of nitrogens with one attached hydrogen (secondary N) is 2. The van der Waals surface area contributed by atoms with Crippen molar-refractivity contribution in [2.75, 3.05) is 11.0 Å². The number of hydrogen-bond acceptors (Lipinski definition) is 3. The van der Waals surface area contributed by atoms with Gasteiger partial charge in [0.1, 0.15) is 0 Å². The molecule has 5 nitrogen and oxygen atoms in total. The molecule has 0 spiro atoms. The molecule has 2 N–H and O–H groups in total. The third-order valence-corrected chi connectivity index (χ3v) is 4.37. The SMILES string of the molecule is CS(=O)(=O)Nc1ccc(C(=O)NC2CCCCC2)cc1Cl. The summed E-state index contributed by atoms with van der Waals surface area (Å²) in [4.78, 5) is 12.2. The molecule has 0 aliphatic heterocycles. The lowest BCUT2D eigenvalue weighted by Crippen LogP contribution is -2.36. The molecule has 1 fully saturated rings. The number of sulfonamides is 1. The molecule has 7 heteroatoms. The molecule has 0 saturated heterocycles. The molecule has 21 heavy (non-hydrogen) atoms. The third-order valence-electron chi connectivity index (χ3n) is 3.47. The van der Waals surface area contributed by atoms with E-state index in [1.165, 1.54) is 18.6 Å². The summed E-state index contributed by atoms with van der Waals surface area (Å²) in [6, 6.07) is 4.77. The fraction of sp³-hybridized carbons (Fsp3) is 0.500. The van der Waals surface area contributed by atoms with Crippen molar-refractivity contribution in [1.82, 2.24) is 5.32 Å². The molecule has 0 bridgehead atoms. The number of amides is 1. The first-order valence-electron chi connectivity index (χ1n) is 6.93. The zero-order chi connectivity index (χ0) is 15.5. The Kier molecular flexibility index (Phi) is 5.11. The van der Waals surface area contributed by atoms with Gasteiger partial charge in [0.15, 0.2) is 0 Å². The van der Waals surface area contributed by atoms with Crippen molar-refractivity contribution in [3.8, 4) is 0 Å². The lowest BCUT2D eigenvalue weighted by atomic mass is 9.95. The van der Waals surface area contributed by atoms with Crippen LogP contribution in [-0.4, -0.2) is 26.6 Å². The van der Waals surface area contributed by atoms with E-state index in [9.17, 15) is 13.2 Å². The Hall–Kier alpha value is -1.27. The lowest BCUT2D eigenvalue weighted by molar-refractivity contribution is 0.0927. The first-order chi connectivity index (χ1) is 9.85. The van der Waals surface area contributed by atoms with E-state index in [1.54, 1.807) is 6.07 Å². The third kappa shape index (κ3) is 4.89. The minimum Gasteiger partial charge on any atom is -0.349 e. The Morgan fingerprint density at radius 2 is 1.90 bits per heavy atom. The van der Waals surface area contributed by atoms with E-state index < -0.39 is 10.0 Å². The van der Waals surface area contributed by atoms with Crippen molar-refractivity contribution in [2.24, 2.45) is 0 Å². The summed E-state index contributed by atoms with van der Waals surface area (Å²) in [5, 5.41) is 3.20. The molecule has 1 aliphatic carbocycles. The zero-order valence-corrected chi connectivity index (χ0v) is 13.4. The molecule has 0 atom stereocenters. The van der Waals surface area contributed by atoms with Gasteiger partial charge in [-0.1, -0.05) is 30.9 Å². The van der Waals surface area contributed by atoms with Crippen LogP contribution in [0.5, 0.6) is 0 Å². The van der Waals surface area contributed by atoms with E-state index >= 15 is 0 Å². The maximum Gasteiger partial charge on any atom is 0.251 e. The number of anilines is 1. The normalized spacial score (nSPS) is 16.5. The average molecular weight is 331 g/mol. The smallest absolute Gasteiger partial charge is 0.251 e. The second-order valence-electron chi connectivity index (χ2n) is 5.38. The van der Waals surface area contributed by atoms with Crippen LogP contribution in [0.2, 0.25) is 5.02 Å². The maximum atomic E-state index is 12.2. The number of carbonyl (C=O) groups excluding carboxylic acids is 1. The topological polar surface area (TPSA) is 75.3 Å². The van der Waals surface area contributed by atoms with E-state index in [0.29, 0.717) is 5.56 Å². The summed E-state index contributed by atoms with van der Waals surface area (Å²) in [6.45, 7) is 0. The molecule has 0 radical (unpaired) electrons. The van der Waals surface area contributed by atoms with Gasteiger partial charge in [0.2, 0.25) is 10.0 Å². The molecule has 0 unspecified atom stereocenters. The van der Waals surface area contributed by atoms with Gasteiger partial charge in [-0.3, -0.25) is 9.52 Å². The van der Waals surface area contributed by atoms with Gasteiger partial charge >= 0.3 is 0 Å². The van der Waals surface area contributed by atoms with Crippen molar-refractivity contribution >= 4 is 33.2 Å². The second kappa shape index (κ2) is 6.66. The Morgan fingerprint density at radius 1 is 1.24 bits per heavy atom. The van der Waals surface area contributed by atoms with Gasteiger partial charge in [-0.05, 0) is 31.0 Å². The Balaban J connectivity index is 2.06. The Morgan fingerprint density at radius 3 is 2.48 bits per heavy atom. The first kappa shape index (κ1) is 16.1. The number of halogens is 1. The largest absolute Gasteiger partial charge is 0.349 e. The van der Waals surface area contributed by atoms with Gasteiger partial charge in [-0.25, -0.2) is 8.42 Å². The van der Waals surface area contributed by atoms with Gasteiger partial charge in [0.05, 0.1) is 17.0 Å². The average Bonchev–Trinajstić information content (AvgIpc) is 2.40. The van der Waals surface area contributed by atoms with Crippen LogP contribution in [0.1, 0.15) is 42.5 Å². The van der Waals surface area contributed by atoms with E-state index in [4.69, 9.17) is 11.6 Å². The highest BCUT2D eigenvalue weighted by Gasteiger charge is 2.17. The Bertz CT molecular complexity index is 625. The number of carbonyl (C=O) groups is 1. The van der Waals surface area contributed by atoms with Crippen LogP contribution >= 0.6 is 11.6 Å². The minimum atomic E-state index is -3.39. The predicted molar refractivity (Wildman–Crippen MR) is 84.3 cm³/mol. The predicted octanol–water partition coefficient (Wildman–Crippen LogP) is 2.77. The number of hydrogen-bond donors (Lipinski definition) is 2. The zero-order valence-electron chi connectivity index (χ0n) is 11.9. The van der Waals surface area contributed by atoms with Crippen molar-refractivity contribution in [1.29, 1.82) is 0 Å². The molecular formula is C14H19ClN2O3S. The van der Waals surface area contributed by atoms with Crippen LogP contribution in [-0.2, 0) is 10.0 Å². The number of rotatable bonds is 4. The van der Waals surface area contributed by atoms with Gasteiger partial charge < -0.3 is 5.32 Å². The van der Waals surface area contributed by atoms with Crippen molar-refractivity contribution in [2.45, 2.75) is 38.1 Å². The van der Waals surface area contributed by atoms with Gasteiger partial charge in [0, 0.05) is 11.6 Å². The van der Waals surface area contributed by atoms with Crippen LogP contribution in [0.25, 0.3) is 0 Å². The van der Waals surface area contributed by atoms with Gasteiger partial charge in [-0.2, -0.15) is 0 Å². The molecule has 1 aromatic carbocycles. The van der Waals surface area contributed by atoms with Crippen molar-refractivity contribution in [3.05, 3.63) is 28.8 Å². The van der Waals surface area contributed by atoms with Crippen LogP contribution < -0.4 is 10.0 Å². The summed E-state index contributed by atoms with van der Waals surface area (Å²) in [5.41, 5.74) is 0.706. The molecule has 1 amide bonds. The maximum absolute atomic E-state index is 12.2. The minimum absolute atomic E-state index is 0.172. The van der Waals surface area contributed by atoms with Crippen molar-refractivity contribution in [3.63, 3.8) is 0 Å². The van der Waals surface area contributed by atoms with Gasteiger partial charge in [0.25, 0.3) is 5.91 Å². The molecule has 1 aliphatic rings. The summed E-state index contributed by atoms with van der Waals surface area (Å²) in [7, 11) is -3.39. The standard InChI is InChI=1S/C14H19ClN2O3S/c1-21(19,20)17-13-8-7-10(9-12(13)15)14(18)16-11-5-3-2-4-6-11/h7-9,11,17H,2-6H2,1H3,(H,16,18). The summed E-state index contributed by atoms with van der Waals surface area (Å²) >= 11 is 6.02. The molecular weight excluding hydrogens is 312 g/mol. The highest BCUT2D eigenvalue weighted by Crippen LogP contribution is 2.24. The summed E-state index contributed by atoms with van der Waals surface area (Å²) in [6.07, 6.45) is 6.57. The number of benzene rings is 1. The van der Waals surface area contributed by atoms with Crippen molar-refractivity contribution < 1.29 is 13.2 Å². The molecule has 1 saturated carbocycles. The van der Waals surface area contributed by atoms with Crippen LogP contribution in [0.3, 0.4) is 0 Å². The summed E-state index contributed by atoms with van der Waals surface area (Å²) < 4.78 is 24.7. The molecule has 116 valence electrons. The molecule has 1 aromatic rings. The monoisotopic (exact) mass is 330 g/mol. The quantitative estimate of drug-likeness (QED) is 0.891. The van der Waals surface area contributed by atoms with Crippen LogP contribution in [0.4, 0.5) is 5.69 Å². The van der Waals surface area contributed by atoms with Crippen LogP contribution in [0, 0.1) is 0 Å². The summed E-state index contributed by atoms with van der Waals surface area (Å²) in [5.74, 6) is -0.172. The fourth-order valence-corrected chi connectivity index (χ4v) is 3.32. The first-order valence-corrected chi connectivity index (χ1v) is 9.20. The van der Waals surface area contributed by atoms with E-state index in [2.05, 4.69) is 10.0 Å². The molecule has 0 heterocycles. The Labute approximate surface area is 130 Å². The fourth-order valence-electron chi connectivity index (χ4n) is 2.45. The second-order valence-corrected chi connectivity index (χ2v) is 7.53. The molecule has 2 rings (SSSR count). The highest BCUT2D eigenvalue weighted by atomic mass is 35.5. The van der Waals surface area contributed by atoms with E-state index in [1.807, 2.05) is 0 Å². The van der Waals surface area contributed by atoms with E-state index in [0.717, 1.165) is 31.9 Å². The van der Waals surface area contributed by atoms with E-state index in [-0.39, 0.29) is 22.7 Å². The highest BCUT2D eigenvalue weighted by molar-refractivity contribution is 7.92.